The van der Waals surface area contributed by atoms with E-state index in [-0.39, 0.29) is 30.2 Å². The van der Waals surface area contributed by atoms with Crippen molar-refractivity contribution >= 4 is 18.3 Å². The highest BCUT2D eigenvalue weighted by Crippen LogP contribution is 2.10. The molecule has 19 heavy (non-hydrogen) atoms. The van der Waals surface area contributed by atoms with E-state index in [0.717, 1.165) is 17.5 Å². The van der Waals surface area contributed by atoms with Gasteiger partial charge in [-0.3, -0.25) is 4.79 Å². The van der Waals surface area contributed by atoms with Crippen molar-refractivity contribution < 1.29 is 9.18 Å². The van der Waals surface area contributed by atoms with Gasteiger partial charge in [-0.2, -0.15) is 0 Å². The van der Waals surface area contributed by atoms with E-state index in [1.807, 2.05) is 13.8 Å². The molecule has 1 aromatic carbocycles. The molecule has 1 atom stereocenters. The zero-order chi connectivity index (χ0) is 13.5. The van der Waals surface area contributed by atoms with E-state index in [4.69, 9.17) is 5.73 Å². The van der Waals surface area contributed by atoms with Gasteiger partial charge in [0, 0.05) is 19.0 Å². The van der Waals surface area contributed by atoms with Crippen molar-refractivity contribution in [3.8, 4) is 0 Å². The highest BCUT2D eigenvalue weighted by molar-refractivity contribution is 5.85. The average molecular weight is 289 g/mol. The topological polar surface area (TPSA) is 55.1 Å². The maximum atomic E-state index is 12.9. The molecule has 3 nitrogen and oxygen atoms in total. The second-order valence-electron chi connectivity index (χ2n) is 4.69. The molecular weight excluding hydrogens is 267 g/mol. The number of nitrogens with one attached hydrogen (secondary N) is 1. The van der Waals surface area contributed by atoms with Gasteiger partial charge >= 0.3 is 0 Å². The van der Waals surface area contributed by atoms with Crippen LogP contribution in [0.1, 0.15) is 30.9 Å². The van der Waals surface area contributed by atoms with E-state index in [9.17, 15) is 9.18 Å². The summed E-state index contributed by atoms with van der Waals surface area (Å²) in [5, 5.41) is 2.84. The number of hydrogen-bond donors (Lipinski definition) is 2. The Morgan fingerprint density at radius 1 is 1.47 bits per heavy atom. The van der Waals surface area contributed by atoms with Gasteiger partial charge in [0.2, 0.25) is 5.91 Å². The molecule has 3 N–H and O–H groups in total. The first kappa shape index (κ1) is 17.9. The predicted octanol–water partition coefficient (Wildman–Crippen LogP) is 2.34. The monoisotopic (exact) mass is 288 g/mol. The molecule has 108 valence electrons. The number of nitrogens with two attached hydrogens (primary N) is 1. The summed E-state index contributed by atoms with van der Waals surface area (Å²) < 4.78 is 12.9. The van der Waals surface area contributed by atoms with E-state index < -0.39 is 0 Å². The summed E-state index contributed by atoms with van der Waals surface area (Å²) in [6.45, 7) is 4.33. The van der Waals surface area contributed by atoms with E-state index in [1.54, 1.807) is 6.07 Å². The minimum atomic E-state index is -0.225. The summed E-state index contributed by atoms with van der Waals surface area (Å²) in [5.41, 5.74) is 7.55. The molecule has 1 aromatic rings. The second kappa shape index (κ2) is 8.88. The zero-order valence-electron chi connectivity index (χ0n) is 11.4. The molecule has 0 heterocycles. The molecule has 0 bridgehead atoms. The largest absolute Gasteiger partial charge is 0.356 e. The second-order valence-corrected chi connectivity index (χ2v) is 4.69. The van der Waals surface area contributed by atoms with Crippen LogP contribution in [0, 0.1) is 12.7 Å². The van der Waals surface area contributed by atoms with E-state index in [0.29, 0.717) is 19.4 Å². The van der Waals surface area contributed by atoms with Crippen LogP contribution in [0.15, 0.2) is 18.2 Å². The minimum absolute atomic E-state index is 0. The normalized spacial score (nSPS) is 11.6. The minimum Gasteiger partial charge on any atom is -0.356 e. The lowest BCUT2D eigenvalue weighted by atomic mass is 10.1. The number of carbonyl (C=O) groups is 1. The lowest BCUT2D eigenvalue weighted by molar-refractivity contribution is -0.121. The van der Waals surface area contributed by atoms with Crippen LogP contribution in [-0.2, 0) is 11.2 Å². The van der Waals surface area contributed by atoms with Crippen molar-refractivity contribution in [2.24, 2.45) is 5.73 Å². The van der Waals surface area contributed by atoms with Crippen molar-refractivity contribution in [2.45, 2.75) is 39.2 Å². The van der Waals surface area contributed by atoms with Gasteiger partial charge in [-0.05, 0) is 49.9 Å². The Bertz CT molecular complexity index is 410. The third kappa shape index (κ3) is 7.13. The third-order valence-corrected chi connectivity index (χ3v) is 2.85. The van der Waals surface area contributed by atoms with E-state index in [1.165, 1.54) is 12.1 Å². The van der Waals surface area contributed by atoms with E-state index in [2.05, 4.69) is 5.32 Å². The van der Waals surface area contributed by atoms with Crippen LogP contribution in [0.4, 0.5) is 4.39 Å². The number of rotatable bonds is 6. The van der Waals surface area contributed by atoms with Gasteiger partial charge in [-0.25, -0.2) is 4.39 Å². The van der Waals surface area contributed by atoms with Crippen molar-refractivity contribution in [2.75, 3.05) is 6.54 Å². The Kier molecular flexibility index (Phi) is 8.35. The van der Waals surface area contributed by atoms with Gasteiger partial charge in [-0.15, -0.1) is 12.4 Å². The highest BCUT2D eigenvalue weighted by Gasteiger charge is 2.04. The van der Waals surface area contributed by atoms with Crippen LogP contribution >= 0.6 is 12.4 Å². The maximum absolute atomic E-state index is 12.9. The molecule has 5 heteroatoms. The Balaban J connectivity index is 0.00000324. The molecule has 0 aliphatic heterocycles. The lowest BCUT2D eigenvalue weighted by Crippen LogP contribution is -2.27. The van der Waals surface area contributed by atoms with Crippen LogP contribution < -0.4 is 11.1 Å². The fourth-order valence-electron chi connectivity index (χ4n) is 1.72. The summed E-state index contributed by atoms with van der Waals surface area (Å²) in [6.07, 6.45) is 1.87. The van der Waals surface area contributed by atoms with Crippen LogP contribution in [-0.4, -0.2) is 18.5 Å². The van der Waals surface area contributed by atoms with Crippen molar-refractivity contribution in [1.29, 1.82) is 0 Å². The van der Waals surface area contributed by atoms with Crippen LogP contribution in [0.5, 0.6) is 0 Å². The Morgan fingerprint density at radius 2 is 2.16 bits per heavy atom. The number of halogens is 2. The van der Waals surface area contributed by atoms with Crippen LogP contribution in [0.3, 0.4) is 0 Å². The smallest absolute Gasteiger partial charge is 0.220 e. The Morgan fingerprint density at radius 3 is 2.74 bits per heavy atom. The first-order valence-corrected chi connectivity index (χ1v) is 6.26. The number of aryl methyl sites for hydroxylation is 1. The van der Waals surface area contributed by atoms with E-state index >= 15 is 0 Å². The Labute approximate surface area is 120 Å². The SMILES string of the molecule is Cc1cc(F)ccc1CCNC(=O)CCC(C)N.Cl. The third-order valence-electron chi connectivity index (χ3n) is 2.85. The molecular formula is C14H22ClFN2O. The molecule has 1 unspecified atom stereocenters. The molecule has 0 saturated heterocycles. The lowest BCUT2D eigenvalue weighted by Gasteiger charge is -2.08. The zero-order valence-corrected chi connectivity index (χ0v) is 12.2. The van der Waals surface area contributed by atoms with Crippen LogP contribution in [0.2, 0.25) is 0 Å². The number of benzene rings is 1. The summed E-state index contributed by atoms with van der Waals surface area (Å²) in [6, 6.07) is 4.77. The molecule has 0 aliphatic carbocycles. The quantitative estimate of drug-likeness (QED) is 0.844. The number of carbonyl (C=O) groups excluding carboxylic acids is 1. The molecule has 0 radical (unpaired) electrons. The first-order chi connectivity index (χ1) is 8.49. The summed E-state index contributed by atoms with van der Waals surface area (Å²) in [4.78, 5) is 11.5. The maximum Gasteiger partial charge on any atom is 0.220 e. The van der Waals surface area contributed by atoms with Gasteiger partial charge in [-0.1, -0.05) is 6.07 Å². The predicted molar refractivity (Wildman–Crippen MR) is 78.0 cm³/mol. The molecule has 0 aliphatic rings. The highest BCUT2D eigenvalue weighted by atomic mass is 35.5. The standard InChI is InChI=1S/C14H21FN2O.ClH/c1-10-9-13(15)5-4-12(10)7-8-17-14(18)6-3-11(2)16;/h4-5,9,11H,3,6-8,16H2,1-2H3,(H,17,18);1H. The molecule has 0 spiro atoms. The summed E-state index contributed by atoms with van der Waals surface area (Å²) in [7, 11) is 0. The number of hydrogen-bond acceptors (Lipinski definition) is 2. The van der Waals surface area contributed by atoms with Crippen molar-refractivity contribution in [3.05, 3.63) is 35.1 Å². The molecule has 0 saturated carbocycles. The van der Waals surface area contributed by atoms with Crippen LogP contribution in [0.25, 0.3) is 0 Å². The van der Waals surface area contributed by atoms with Crippen molar-refractivity contribution in [1.82, 2.24) is 5.32 Å². The van der Waals surface area contributed by atoms with Gasteiger partial charge in [0.1, 0.15) is 5.82 Å². The molecule has 1 amide bonds. The summed E-state index contributed by atoms with van der Waals surface area (Å²) >= 11 is 0. The summed E-state index contributed by atoms with van der Waals surface area (Å²) in [5.74, 6) is -0.204. The molecule has 1 rings (SSSR count). The first-order valence-electron chi connectivity index (χ1n) is 6.26. The molecule has 0 aromatic heterocycles. The molecule has 0 fully saturated rings. The fourth-order valence-corrected chi connectivity index (χ4v) is 1.72. The van der Waals surface area contributed by atoms with Gasteiger partial charge in [0.25, 0.3) is 0 Å². The van der Waals surface area contributed by atoms with Crippen molar-refractivity contribution in [3.63, 3.8) is 0 Å². The Hall–Kier alpha value is -1.13. The fraction of sp³-hybridized carbons (Fsp3) is 0.500. The number of amides is 1. The average Bonchev–Trinajstić information content (AvgIpc) is 2.29. The van der Waals surface area contributed by atoms with Gasteiger partial charge < -0.3 is 11.1 Å². The van der Waals surface area contributed by atoms with Gasteiger partial charge in [0.05, 0.1) is 0 Å². The van der Waals surface area contributed by atoms with Gasteiger partial charge in [0.15, 0.2) is 0 Å².